The van der Waals surface area contributed by atoms with Gasteiger partial charge in [-0.25, -0.2) is 4.98 Å². The summed E-state index contributed by atoms with van der Waals surface area (Å²) in [6.07, 6.45) is 4.41. The van der Waals surface area contributed by atoms with Crippen LogP contribution in [0.4, 0.5) is 0 Å². The third-order valence-corrected chi connectivity index (χ3v) is 5.26. The van der Waals surface area contributed by atoms with Gasteiger partial charge in [-0.3, -0.25) is 14.4 Å². The average Bonchev–Trinajstić information content (AvgIpc) is 3.07. The third kappa shape index (κ3) is 3.59. The number of rotatable bonds is 5. The van der Waals surface area contributed by atoms with E-state index in [0.29, 0.717) is 44.2 Å². The summed E-state index contributed by atoms with van der Waals surface area (Å²) in [5.74, 6) is 0.00432. The van der Waals surface area contributed by atoms with Crippen molar-refractivity contribution in [3.63, 3.8) is 0 Å². The highest BCUT2D eigenvalue weighted by Gasteiger charge is 2.31. The highest BCUT2D eigenvalue weighted by molar-refractivity contribution is 5.97. The fraction of sp³-hybridized carbons (Fsp3) is 0.667. The summed E-state index contributed by atoms with van der Waals surface area (Å²) in [7, 11) is 0. The van der Waals surface area contributed by atoms with Gasteiger partial charge < -0.3 is 19.7 Å². The zero-order valence-electron chi connectivity index (χ0n) is 15.5. The second-order valence-corrected chi connectivity index (χ2v) is 7.06. The average molecular weight is 361 g/mol. The van der Waals surface area contributed by atoms with Crippen LogP contribution in [0, 0.1) is 0 Å². The van der Waals surface area contributed by atoms with E-state index in [1.54, 1.807) is 9.80 Å². The molecule has 1 atom stereocenters. The zero-order valence-corrected chi connectivity index (χ0v) is 15.5. The van der Waals surface area contributed by atoms with Crippen molar-refractivity contribution < 1.29 is 14.4 Å². The Morgan fingerprint density at radius 3 is 2.58 bits per heavy atom. The molecule has 8 heteroatoms. The molecule has 1 aromatic rings. The largest absolute Gasteiger partial charge is 0.348 e. The molecule has 1 aromatic heterocycles. The van der Waals surface area contributed by atoms with Gasteiger partial charge in [0.1, 0.15) is 5.69 Å². The van der Waals surface area contributed by atoms with Gasteiger partial charge in [0, 0.05) is 38.8 Å². The summed E-state index contributed by atoms with van der Waals surface area (Å²) in [6.45, 7) is 6.74. The van der Waals surface area contributed by atoms with Crippen LogP contribution in [0.3, 0.4) is 0 Å². The molecule has 3 amide bonds. The van der Waals surface area contributed by atoms with Crippen LogP contribution in [0.15, 0.2) is 0 Å². The lowest BCUT2D eigenvalue weighted by Gasteiger charge is -2.32. The maximum atomic E-state index is 13.0. The molecule has 0 aromatic carbocycles. The Labute approximate surface area is 153 Å². The molecule has 8 nitrogen and oxygen atoms in total. The second-order valence-electron chi connectivity index (χ2n) is 7.06. The number of carbonyl (C=O) groups excluding carboxylic acids is 3. The van der Waals surface area contributed by atoms with Crippen molar-refractivity contribution >= 4 is 18.2 Å². The van der Waals surface area contributed by atoms with Gasteiger partial charge in [0.15, 0.2) is 5.82 Å². The predicted octanol–water partition coefficient (Wildman–Crippen LogP) is 0.662. The number of imidazole rings is 1. The predicted molar refractivity (Wildman–Crippen MR) is 95.9 cm³/mol. The van der Waals surface area contributed by atoms with E-state index in [2.05, 4.69) is 10.3 Å². The summed E-state index contributed by atoms with van der Waals surface area (Å²) in [5, 5.41) is 2.96. The molecule has 0 saturated carbocycles. The van der Waals surface area contributed by atoms with Crippen LogP contribution in [0.1, 0.15) is 59.9 Å². The lowest BCUT2D eigenvalue weighted by molar-refractivity contribution is -0.119. The van der Waals surface area contributed by atoms with Gasteiger partial charge >= 0.3 is 0 Å². The molecule has 2 aliphatic rings. The first-order valence-electron chi connectivity index (χ1n) is 9.44. The maximum Gasteiger partial charge on any atom is 0.290 e. The molecule has 3 heterocycles. The zero-order chi connectivity index (χ0) is 18.7. The fourth-order valence-corrected chi connectivity index (χ4v) is 3.45. The lowest BCUT2D eigenvalue weighted by atomic mass is 10.1. The Hall–Kier alpha value is -2.38. The molecule has 1 N–H and O–H groups in total. The van der Waals surface area contributed by atoms with Crippen LogP contribution in [0.25, 0.3) is 0 Å². The number of fused-ring (bicyclic) bond motifs is 1. The van der Waals surface area contributed by atoms with Crippen LogP contribution in [0.5, 0.6) is 0 Å². The van der Waals surface area contributed by atoms with Crippen LogP contribution in [-0.4, -0.2) is 69.8 Å². The summed E-state index contributed by atoms with van der Waals surface area (Å²) in [5.41, 5.74) is 1.26. The Kier molecular flexibility index (Phi) is 5.58. The molecule has 0 spiro atoms. The Morgan fingerprint density at radius 1 is 1.19 bits per heavy atom. The van der Waals surface area contributed by atoms with Crippen LogP contribution in [0.2, 0.25) is 0 Å². The van der Waals surface area contributed by atoms with E-state index in [-0.39, 0.29) is 17.9 Å². The van der Waals surface area contributed by atoms with Gasteiger partial charge in [0.2, 0.25) is 6.41 Å². The van der Waals surface area contributed by atoms with Gasteiger partial charge in [-0.2, -0.15) is 0 Å². The number of carbonyl (C=O) groups is 3. The molecule has 0 bridgehead atoms. The summed E-state index contributed by atoms with van der Waals surface area (Å²) >= 11 is 0. The van der Waals surface area contributed by atoms with E-state index in [0.717, 1.165) is 37.8 Å². The number of nitrogens with one attached hydrogen (secondary N) is 1. The standard InChI is InChI=1S/C18H27N5O3/c1-3-13(2)19-17(25)15-14-6-4-5-7-23(14)16(20-15)18(26)22-10-8-21(12-24)9-11-22/h12-13H,3-11H2,1-2H3,(H,19,25). The first-order chi connectivity index (χ1) is 12.5. The quantitative estimate of drug-likeness (QED) is 0.781. The fourth-order valence-electron chi connectivity index (χ4n) is 3.45. The summed E-state index contributed by atoms with van der Waals surface area (Å²) in [4.78, 5) is 44.3. The number of piperazine rings is 1. The van der Waals surface area contributed by atoms with E-state index in [9.17, 15) is 14.4 Å². The highest BCUT2D eigenvalue weighted by atomic mass is 16.2. The number of hydrogen-bond acceptors (Lipinski definition) is 4. The van der Waals surface area contributed by atoms with E-state index >= 15 is 0 Å². The first kappa shape index (κ1) is 18.4. The number of nitrogens with zero attached hydrogens (tertiary/aromatic N) is 4. The molecule has 0 aliphatic carbocycles. The molecule has 2 aliphatic heterocycles. The van der Waals surface area contributed by atoms with E-state index in [4.69, 9.17) is 0 Å². The topological polar surface area (TPSA) is 87.5 Å². The van der Waals surface area contributed by atoms with Gasteiger partial charge in [0.05, 0.1) is 5.69 Å². The normalized spacial score (nSPS) is 18.2. The van der Waals surface area contributed by atoms with Gasteiger partial charge in [0.25, 0.3) is 11.8 Å². The monoisotopic (exact) mass is 361 g/mol. The Morgan fingerprint density at radius 2 is 1.92 bits per heavy atom. The number of aromatic nitrogens is 2. The molecule has 26 heavy (non-hydrogen) atoms. The number of hydrogen-bond donors (Lipinski definition) is 1. The third-order valence-electron chi connectivity index (χ3n) is 5.26. The second kappa shape index (κ2) is 7.88. The van der Waals surface area contributed by atoms with Crippen LogP contribution >= 0.6 is 0 Å². The van der Waals surface area contributed by atoms with Crippen molar-refractivity contribution in [3.8, 4) is 0 Å². The molecule has 1 saturated heterocycles. The van der Waals surface area contributed by atoms with E-state index < -0.39 is 0 Å². The van der Waals surface area contributed by atoms with Crippen LogP contribution in [-0.2, 0) is 17.8 Å². The molecule has 3 rings (SSSR count). The first-order valence-corrected chi connectivity index (χ1v) is 9.44. The molecule has 1 fully saturated rings. The van der Waals surface area contributed by atoms with Crippen molar-refractivity contribution in [1.82, 2.24) is 24.7 Å². The molecular formula is C18H27N5O3. The smallest absolute Gasteiger partial charge is 0.290 e. The summed E-state index contributed by atoms with van der Waals surface area (Å²) in [6, 6.07) is 0.0685. The number of amides is 3. The highest BCUT2D eigenvalue weighted by Crippen LogP contribution is 2.22. The molecule has 0 radical (unpaired) electrons. The van der Waals surface area contributed by atoms with Gasteiger partial charge in [-0.05, 0) is 32.6 Å². The van der Waals surface area contributed by atoms with Crippen molar-refractivity contribution in [3.05, 3.63) is 17.2 Å². The molecule has 142 valence electrons. The van der Waals surface area contributed by atoms with Crippen molar-refractivity contribution in [2.45, 2.75) is 52.1 Å². The lowest BCUT2D eigenvalue weighted by Crippen LogP contribution is -2.48. The van der Waals surface area contributed by atoms with Crippen molar-refractivity contribution in [2.75, 3.05) is 26.2 Å². The molecule has 1 unspecified atom stereocenters. The SMILES string of the molecule is CCC(C)NC(=O)c1nc(C(=O)N2CCN(C=O)CC2)n2c1CCCC2. The van der Waals surface area contributed by atoms with Gasteiger partial charge in [-0.15, -0.1) is 0 Å². The summed E-state index contributed by atoms with van der Waals surface area (Å²) < 4.78 is 1.92. The minimum absolute atomic E-state index is 0.0685. The Bertz CT molecular complexity index is 691. The minimum Gasteiger partial charge on any atom is -0.348 e. The van der Waals surface area contributed by atoms with E-state index in [1.807, 2.05) is 18.4 Å². The Balaban J connectivity index is 1.84. The molecular weight excluding hydrogens is 334 g/mol. The van der Waals surface area contributed by atoms with Gasteiger partial charge in [-0.1, -0.05) is 6.92 Å². The van der Waals surface area contributed by atoms with Crippen molar-refractivity contribution in [2.24, 2.45) is 0 Å². The van der Waals surface area contributed by atoms with Crippen LogP contribution < -0.4 is 5.32 Å². The van der Waals surface area contributed by atoms with Crippen molar-refractivity contribution in [1.29, 1.82) is 0 Å². The van der Waals surface area contributed by atoms with E-state index in [1.165, 1.54) is 0 Å². The maximum absolute atomic E-state index is 13.0. The minimum atomic E-state index is -0.199.